The van der Waals surface area contributed by atoms with Gasteiger partial charge >= 0.3 is 5.97 Å². The SMILES string of the molecule is O=C(O)C1N[C@H]2CCC1CC2(F)F. The predicted octanol–water partition coefficient (Wildman–Crippen LogP) is 0.847. The van der Waals surface area contributed by atoms with Crippen LogP contribution in [-0.4, -0.2) is 29.1 Å². The minimum Gasteiger partial charge on any atom is -0.480 e. The number of carboxylic acids is 1. The van der Waals surface area contributed by atoms with Crippen LogP contribution in [0.25, 0.3) is 0 Å². The van der Waals surface area contributed by atoms with Crippen molar-refractivity contribution in [2.24, 2.45) is 5.92 Å². The quantitative estimate of drug-likeness (QED) is 0.646. The van der Waals surface area contributed by atoms with E-state index in [4.69, 9.17) is 5.11 Å². The molecule has 3 atom stereocenters. The first-order valence-electron chi connectivity index (χ1n) is 4.37. The van der Waals surface area contributed by atoms with Gasteiger partial charge in [-0.15, -0.1) is 0 Å². The summed E-state index contributed by atoms with van der Waals surface area (Å²) in [7, 11) is 0. The minimum atomic E-state index is -2.71. The van der Waals surface area contributed by atoms with Gasteiger partial charge < -0.3 is 5.11 Å². The highest BCUT2D eigenvalue weighted by molar-refractivity contribution is 5.74. The third kappa shape index (κ3) is 1.31. The molecule has 0 radical (unpaired) electrons. The van der Waals surface area contributed by atoms with Crippen LogP contribution < -0.4 is 5.32 Å². The largest absolute Gasteiger partial charge is 0.480 e. The standard InChI is InChI=1S/C8H11F2NO2/c9-8(10)3-4-1-2-5(8)11-6(4)7(12)13/h4-6,11H,1-3H2,(H,12,13)/t4?,5-,6?/m0/s1. The van der Waals surface area contributed by atoms with E-state index in [0.29, 0.717) is 12.8 Å². The van der Waals surface area contributed by atoms with Crippen LogP contribution >= 0.6 is 0 Å². The summed E-state index contributed by atoms with van der Waals surface area (Å²) >= 11 is 0. The molecule has 0 aromatic heterocycles. The van der Waals surface area contributed by atoms with Gasteiger partial charge in [-0.25, -0.2) is 8.78 Å². The van der Waals surface area contributed by atoms with E-state index in [1.54, 1.807) is 0 Å². The molecule has 2 unspecified atom stereocenters. The second-order valence-corrected chi connectivity index (χ2v) is 3.84. The van der Waals surface area contributed by atoms with Crippen LogP contribution in [0.4, 0.5) is 8.78 Å². The average molecular weight is 191 g/mol. The topological polar surface area (TPSA) is 49.3 Å². The van der Waals surface area contributed by atoms with E-state index < -0.39 is 29.9 Å². The van der Waals surface area contributed by atoms with Gasteiger partial charge in [-0.3, -0.25) is 10.1 Å². The molecule has 2 N–H and O–H groups in total. The Labute approximate surface area is 74.1 Å². The van der Waals surface area contributed by atoms with Crippen LogP contribution in [0.2, 0.25) is 0 Å². The normalized spacial score (nSPS) is 41.8. The number of hydrogen-bond acceptors (Lipinski definition) is 2. The molecule has 1 aliphatic carbocycles. The Hall–Kier alpha value is -0.710. The molecule has 2 aliphatic heterocycles. The molecule has 3 aliphatic rings. The van der Waals surface area contributed by atoms with Crippen molar-refractivity contribution in [3.63, 3.8) is 0 Å². The van der Waals surface area contributed by atoms with Crippen molar-refractivity contribution in [3.05, 3.63) is 0 Å². The number of hydrogen-bond donors (Lipinski definition) is 2. The minimum absolute atomic E-state index is 0.276. The molecule has 3 fully saturated rings. The molecular formula is C8H11F2NO2. The van der Waals surface area contributed by atoms with Crippen molar-refractivity contribution in [1.29, 1.82) is 0 Å². The van der Waals surface area contributed by atoms with E-state index in [0.717, 1.165) is 0 Å². The van der Waals surface area contributed by atoms with Crippen LogP contribution in [0.15, 0.2) is 0 Å². The zero-order valence-electron chi connectivity index (χ0n) is 6.96. The molecule has 2 heterocycles. The van der Waals surface area contributed by atoms with Gasteiger partial charge in [0.25, 0.3) is 5.92 Å². The van der Waals surface area contributed by atoms with Crippen molar-refractivity contribution in [1.82, 2.24) is 5.32 Å². The van der Waals surface area contributed by atoms with Gasteiger partial charge in [0.15, 0.2) is 0 Å². The number of fused-ring (bicyclic) bond motifs is 3. The Morgan fingerprint density at radius 2 is 2.15 bits per heavy atom. The Kier molecular flexibility index (Phi) is 1.80. The molecule has 5 heteroatoms. The summed E-state index contributed by atoms with van der Waals surface area (Å²) in [5.74, 6) is -4.13. The lowest BCUT2D eigenvalue weighted by molar-refractivity contribution is -0.156. The van der Waals surface area contributed by atoms with Crippen molar-refractivity contribution < 1.29 is 18.7 Å². The molecule has 13 heavy (non-hydrogen) atoms. The molecule has 74 valence electrons. The van der Waals surface area contributed by atoms with Gasteiger partial charge in [-0.05, 0) is 18.8 Å². The fourth-order valence-electron chi connectivity index (χ4n) is 2.30. The monoisotopic (exact) mass is 191 g/mol. The maximum atomic E-state index is 13.1. The lowest BCUT2D eigenvalue weighted by Gasteiger charge is -2.46. The summed E-state index contributed by atoms with van der Waals surface area (Å²) in [5, 5.41) is 11.2. The molecule has 3 nitrogen and oxygen atoms in total. The van der Waals surface area contributed by atoms with Crippen LogP contribution in [0, 0.1) is 5.92 Å². The van der Waals surface area contributed by atoms with Crippen molar-refractivity contribution >= 4 is 5.97 Å². The van der Waals surface area contributed by atoms with E-state index in [1.165, 1.54) is 0 Å². The third-order valence-corrected chi connectivity index (χ3v) is 2.99. The first-order valence-corrected chi connectivity index (χ1v) is 4.37. The maximum absolute atomic E-state index is 13.1. The molecule has 3 rings (SSSR count). The second-order valence-electron chi connectivity index (χ2n) is 3.84. The van der Waals surface area contributed by atoms with Gasteiger partial charge in [0.05, 0.1) is 6.04 Å². The fourth-order valence-corrected chi connectivity index (χ4v) is 2.30. The van der Waals surface area contributed by atoms with Gasteiger partial charge in [0.2, 0.25) is 0 Å². The summed E-state index contributed by atoms with van der Waals surface area (Å²) in [5.41, 5.74) is 0. The summed E-state index contributed by atoms with van der Waals surface area (Å²) in [6, 6.07) is -1.70. The number of aliphatic carboxylic acids is 1. The Morgan fingerprint density at radius 1 is 1.46 bits per heavy atom. The van der Waals surface area contributed by atoms with Crippen LogP contribution in [0.5, 0.6) is 0 Å². The zero-order valence-corrected chi connectivity index (χ0v) is 6.96. The van der Waals surface area contributed by atoms with Gasteiger partial charge in [0, 0.05) is 6.42 Å². The van der Waals surface area contributed by atoms with E-state index in [2.05, 4.69) is 5.32 Å². The molecule has 2 bridgehead atoms. The van der Waals surface area contributed by atoms with Crippen molar-refractivity contribution in [2.75, 3.05) is 0 Å². The van der Waals surface area contributed by atoms with Crippen molar-refractivity contribution in [2.45, 2.75) is 37.3 Å². The number of piperidine rings is 2. The summed E-state index contributed by atoms with van der Waals surface area (Å²) in [6.07, 6.45) is 0.716. The van der Waals surface area contributed by atoms with E-state index in [1.807, 2.05) is 0 Å². The number of rotatable bonds is 1. The molecule has 2 saturated heterocycles. The van der Waals surface area contributed by atoms with E-state index in [-0.39, 0.29) is 6.42 Å². The number of nitrogens with one attached hydrogen (secondary N) is 1. The summed E-state index contributed by atoms with van der Waals surface area (Å²) in [6.45, 7) is 0. The molecular weight excluding hydrogens is 180 g/mol. The molecule has 0 amide bonds. The van der Waals surface area contributed by atoms with Crippen LogP contribution in [0.3, 0.4) is 0 Å². The predicted molar refractivity (Wildman–Crippen MR) is 40.6 cm³/mol. The number of carbonyl (C=O) groups is 1. The Bertz CT molecular complexity index is 244. The average Bonchev–Trinajstić information content (AvgIpc) is 2.02. The molecule has 0 spiro atoms. The van der Waals surface area contributed by atoms with Gasteiger partial charge in [-0.2, -0.15) is 0 Å². The number of halogens is 2. The van der Waals surface area contributed by atoms with Crippen LogP contribution in [0.1, 0.15) is 19.3 Å². The lowest BCUT2D eigenvalue weighted by Crippen LogP contribution is -2.64. The molecule has 0 aromatic rings. The second kappa shape index (κ2) is 2.64. The highest BCUT2D eigenvalue weighted by Crippen LogP contribution is 2.42. The summed E-state index contributed by atoms with van der Waals surface area (Å²) < 4.78 is 26.2. The van der Waals surface area contributed by atoms with Gasteiger partial charge in [0.1, 0.15) is 6.04 Å². The van der Waals surface area contributed by atoms with Gasteiger partial charge in [-0.1, -0.05) is 0 Å². The van der Waals surface area contributed by atoms with E-state index in [9.17, 15) is 13.6 Å². The Morgan fingerprint density at radius 3 is 2.54 bits per heavy atom. The van der Waals surface area contributed by atoms with E-state index >= 15 is 0 Å². The highest BCUT2D eigenvalue weighted by Gasteiger charge is 2.54. The maximum Gasteiger partial charge on any atom is 0.320 e. The molecule has 0 aromatic carbocycles. The number of alkyl halides is 2. The number of carboxylic acid groups (broad SMARTS) is 1. The first-order chi connectivity index (χ1) is 6.00. The Balaban J connectivity index is 2.16. The molecule has 1 saturated carbocycles. The van der Waals surface area contributed by atoms with Crippen molar-refractivity contribution in [3.8, 4) is 0 Å². The smallest absolute Gasteiger partial charge is 0.320 e. The summed E-state index contributed by atoms with van der Waals surface area (Å²) in [4.78, 5) is 10.6. The van der Waals surface area contributed by atoms with Crippen LogP contribution in [-0.2, 0) is 4.79 Å². The lowest BCUT2D eigenvalue weighted by atomic mass is 9.74. The third-order valence-electron chi connectivity index (χ3n) is 2.99. The highest BCUT2D eigenvalue weighted by atomic mass is 19.3. The fraction of sp³-hybridized carbons (Fsp3) is 0.875. The zero-order chi connectivity index (χ0) is 9.64. The first kappa shape index (κ1) is 8.87.